The highest BCUT2D eigenvalue weighted by Crippen LogP contribution is 2.26. The zero-order chi connectivity index (χ0) is 15.2. The summed E-state index contributed by atoms with van der Waals surface area (Å²) in [4.78, 5) is 0. The van der Waals surface area contributed by atoms with Crippen molar-refractivity contribution in [2.24, 2.45) is 0 Å². The van der Waals surface area contributed by atoms with E-state index in [-0.39, 0.29) is 5.82 Å². The van der Waals surface area contributed by atoms with Crippen molar-refractivity contribution in [3.05, 3.63) is 47.5 Å². The molecule has 4 heteroatoms. The first kappa shape index (κ1) is 15.7. The highest BCUT2D eigenvalue weighted by molar-refractivity contribution is 5.62. The van der Waals surface area contributed by atoms with Crippen LogP contribution in [0.5, 0.6) is 0 Å². The summed E-state index contributed by atoms with van der Waals surface area (Å²) in [7, 11) is 1.70. The summed E-state index contributed by atoms with van der Waals surface area (Å²) in [5.74, 6) is 1.34. The Morgan fingerprint density at radius 3 is 2.86 bits per heavy atom. The van der Waals surface area contributed by atoms with Crippen molar-refractivity contribution in [2.45, 2.75) is 32.9 Å². The van der Waals surface area contributed by atoms with Gasteiger partial charge in [-0.05, 0) is 44.0 Å². The quantitative estimate of drug-likeness (QED) is 0.840. The van der Waals surface area contributed by atoms with Crippen LogP contribution in [0.3, 0.4) is 0 Å². The van der Waals surface area contributed by atoms with E-state index >= 15 is 0 Å². The maximum absolute atomic E-state index is 13.6. The van der Waals surface area contributed by atoms with Crippen molar-refractivity contribution in [3.63, 3.8) is 0 Å². The van der Waals surface area contributed by atoms with Crippen molar-refractivity contribution < 1.29 is 13.5 Å². The number of benzene rings is 1. The molecule has 0 unspecified atom stereocenters. The van der Waals surface area contributed by atoms with Crippen LogP contribution in [0.15, 0.2) is 34.7 Å². The van der Waals surface area contributed by atoms with E-state index in [1.807, 2.05) is 18.2 Å². The summed E-state index contributed by atoms with van der Waals surface area (Å²) in [6.07, 6.45) is 0.951. The second-order valence-corrected chi connectivity index (χ2v) is 5.24. The first-order valence-corrected chi connectivity index (χ1v) is 7.18. The summed E-state index contributed by atoms with van der Waals surface area (Å²) in [5, 5.41) is 3.38. The smallest absolute Gasteiger partial charge is 0.134 e. The molecule has 2 rings (SSSR count). The van der Waals surface area contributed by atoms with E-state index in [1.165, 1.54) is 6.07 Å². The zero-order valence-corrected chi connectivity index (χ0v) is 12.8. The van der Waals surface area contributed by atoms with Crippen molar-refractivity contribution in [3.8, 4) is 11.3 Å². The van der Waals surface area contributed by atoms with Gasteiger partial charge in [0.15, 0.2) is 0 Å². The summed E-state index contributed by atoms with van der Waals surface area (Å²) >= 11 is 0. The Kier molecular flexibility index (Phi) is 5.53. The summed E-state index contributed by atoms with van der Waals surface area (Å²) in [6, 6.07) is 9.20. The minimum Gasteiger partial charge on any atom is -0.460 e. The number of halogens is 1. The van der Waals surface area contributed by atoms with Crippen molar-refractivity contribution in [2.75, 3.05) is 13.7 Å². The van der Waals surface area contributed by atoms with Crippen LogP contribution in [0.4, 0.5) is 4.39 Å². The summed E-state index contributed by atoms with van der Waals surface area (Å²) < 4.78 is 24.4. The van der Waals surface area contributed by atoms with Crippen LogP contribution in [0.1, 0.15) is 24.7 Å². The van der Waals surface area contributed by atoms with Gasteiger partial charge in [-0.2, -0.15) is 0 Å². The fourth-order valence-electron chi connectivity index (χ4n) is 2.16. The molecule has 0 fully saturated rings. The molecule has 0 aliphatic rings. The van der Waals surface area contributed by atoms with E-state index in [1.54, 1.807) is 20.1 Å². The van der Waals surface area contributed by atoms with Crippen LogP contribution in [0.25, 0.3) is 11.3 Å². The Bertz CT molecular complexity index is 580. The molecule has 1 aromatic carbocycles. The first-order chi connectivity index (χ1) is 10.1. The van der Waals surface area contributed by atoms with Crippen LogP contribution in [-0.4, -0.2) is 19.8 Å². The molecule has 0 saturated carbocycles. The second-order valence-electron chi connectivity index (χ2n) is 5.24. The molecule has 2 aromatic rings. The molecule has 1 aromatic heterocycles. The topological polar surface area (TPSA) is 34.4 Å². The standard InChI is InChI=1S/C17H22FNO2/c1-12(9-10-20-3)19-11-14-7-8-17(21-14)15-5-4-6-16(18)13(15)2/h4-8,12,19H,9-11H2,1-3H3/t12-/m1/s1. The number of furan rings is 1. The minimum atomic E-state index is -0.211. The highest BCUT2D eigenvalue weighted by atomic mass is 19.1. The van der Waals surface area contributed by atoms with Gasteiger partial charge in [0.2, 0.25) is 0 Å². The Morgan fingerprint density at radius 1 is 1.29 bits per heavy atom. The van der Waals surface area contributed by atoms with Crippen LogP contribution < -0.4 is 5.32 Å². The molecule has 0 bridgehead atoms. The van der Waals surface area contributed by atoms with Gasteiger partial charge in [-0.3, -0.25) is 0 Å². The van der Waals surface area contributed by atoms with Gasteiger partial charge >= 0.3 is 0 Å². The average Bonchev–Trinajstić information content (AvgIpc) is 2.94. The number of nitrogens with one attached hydrogen (secondary N) is 1. The maximum atomic E-state index is 13.6. The average molecular weight is 291 g/mol. The first-order valence-electron chi connectivity index (χ1n) is 7.18. The molecule has 1 heterocycles. The van der Waals surface area contributed by atoms with Crippen LogP contribution in [0, 0.1) is 12.7 Å². The van der Waals surface area contributed by atoms with Gasteiger partial charge in [0, 0.05) is 25.3 Å². The number of rotatable bonds is 7. The summed E-state index contributed by atoms with van der Waals surface area (Å²) in [5.41, 5.74) is 1.41. The molecule has 0 spiro atoms. The lowest BCUT2D eigenvalue weighted by molar-refractivity contribution is 0.184. The Labute approximate surface area is 125 Å². The molecule has 0 aliphatic heterocycles. The fourth-order valence-corrected chi connectivity index (χ4v) is 2.16. The molecule has 1 atom stereocenters. The molecule has 0 aliphatic carbocycles. The van der Waals surface area contributed by atoms with Gasteiger partial charge in [-0.1, -0.05) is 12.1 Å². The Morgan fingerprint density at radius 2 is 2.10 bits per heavy atom. The SMILES string of the molecule is COCC[C@@H](C)NCc1ccc(-c2cccc(F)c2C)o1. The predicted octanol–water partition coefficient (Wildman–Crippen LogP) is 3.91. The lowest BCUT2D eigenvalue weighted by Gasteiger charge is -2.11. The van der Waals surface area contributed by atoms with Gasteiger partial charge < -0.3 is 14.5 Å². The van der Waals surface area contributed by atoms with E-state index in [0.717, 1.165) is 24.4 Å². The molecule has 21 heavy (non-hydrogen) atoms. The summed E-state index contributed by atoms with van der Waals surface area (Å²) in [6.45, 7) is 5.26. The molecule has 0 saturated heterocycles. The number of methoxy groups -OCH3 is 1. The van der Waals surface area contributed by atoms with E-state index < -0.39 is 0 Å². The lowest BCUT2D eigenvalue weighted by Crippen LogP contribution is -2.26. The molecular formula is C17H22FNO2. The number of ether oxygens (including phenoxy) is 1. The highest BCUT2D eigenvalue weighted by Gasteiger charge is 2.10. The predicted molar refractivity (Wildman–Crippen MR) is 81.6 cm³/mol. The molecule has 3 nitrogen and oxygen atoms in total. The Balaban J connectivity index is 2.00. The minimum absolute atomic E-state index is 0.211. The molecule has 1 N–H and O–H groups in total. The third-order valence-electron chi connectivity index (χ3n) is 3.57. The van der Waals surface area contributed by atoms with Crippen LogP contribution in [0.2, 0.25) is 0 Å². The van der Waals surface area contributed by atoms with E-state index in [0.29, 0.717) is 23.9 Å². The monoisotopic (exact) mass is 291 g/mol. The maximum Gasteiger partial charge on any atom is 0.134 e. The van der Waals surface area contributed by atoms with Gasteiger partial charge in [0.05, 0.1) is 6.54 Å². The molecule has 0 amide bonds. The molecule has 114 valence electrons. The van der Waals surface area contributed by atoms with E-state index in [2.05, 4.69) is 12.2 Å². The van der Waals surface area contributed by atoms with Gasteiger partial charge in [-0.15, -0.1) is 0 Å². The lowest BCUT2D eigenvalue weighted by atomic mass is 10.1. The third-order valence-corrected chi connectivity index (χ3v) is 3.57. The number of hydrogen-bond donors (Lipinski definition) is 1. The molecular weight excluding hydrogens is 269 g/mol. The van der Waals surface area contributed by atoms with Gasteiger partial charge in [-0.25, -0.2) is 4.39 Å². The largest absolute Gasteiger partial charge is 0.460 e. The third kappa shape index (κ3) is 4.16. The fraction of sp³-hybridized carbons (Fsp3) is 0.412. The van der Waals surface area contributed by atoms with Crippen LogP contribution in [-0.2, 0) is 11.3 Å². The van der Waals surface area contributed by atoms with E-state index in [9.17, 15) is 4.39 Å². The Hall–Kier alpha value is -1.65. The zero-order valence-electron chi connectivity index (χ0n) is 12.8. The van der Waals surface area contributed by atoms with Crippen molar-refractivity contribution in [1.29, 1.82) is 0 Å². The number of hydrogen-bond acceptors (Lipinski definition) is 3. The second kappa shape index (κ2) is 7.38. The van der Waals surface area contributed by atoms with Crippen molar-refractivity contribution in [1.82, 2.24) is 5.32 Å². The van der Waals surface area contributed by atoms with Crippen molar-refractivity contribution >= 4 is 0 Å². The normalized spacial score (nSPS) is 12.6. The van der Waals surface area contributed by atoms with E-state index in [4.69, 9.17) is 9.15 Å². The van der Waals surface area contributed by atoms with Gasteiger partial charge in [0.25, 0.3) is 0 Å². The van der Waals surface area contributed by atoms with Gasteiger partial charge in [0.1, 0.15) is 17.3 Å². The van der Waals surface area contributed by atoms with Crippen LogP contribution >= 0.6 is 0 Å². The molecule has 0 radical (unpaired) electrons.